The van der Waals surface area contributed by atoms with Crippen molar-refractivity contribution in [2.75, 3.05) is 13.6 Å². The Hall–Kier alpha value is -1.08. The average molecular weight is 297 g/mol. The molecule has 0 N–H and O–H groups in total. The molecule has 1 nitrogen and oxygen atoms in total. The molecular formula is C21H31N. The third-order valence-electron chi connectivity index (χ3n) is 6.36. The van der Waals surface area contributed by atoms with Crippen LogP contribution < -0.4 is 0 Å². The lowest BCUT2D eigenvalue weighted by atomic mass is 9.73. The number of fused-ring (bicyclic) bond motifs is 2. The molecule has 0 amide bonds. The molecule has 2 aliphatic carbocycles. The van der Waals surface area contributed by atoms with Gasteiger partial charge in [0.1, 0.15) is 0 Å². The van der Waals surface area contributed by atoms with Crippen LogP contribution in [0, 0.1) is 23.2 Å². The molecule has 0 aromatic heterocycles. The molecule has 0 heterocycles. The quantitative estimate of drug-likeness (QED) is 0.731. The van der Waals surface area contributed by atoms with Crippen LogP contribution in [0.4, 0.5) is 0 Å². The Morgan fingerprint density at radius 1 is 1.27 bits per heavy atom. The van der Waals surface area contributed by atoms with Crippen LogP contribution in [0.2, 0.25) is 0 Å². The molecule has 120 valence electrons. The van der Waals surface area contributed by atoms with Gasteiger partial charge in [-0.05, 0) is 55.0 Å². The molecule has 1 aromatic rings. The van der Waals surface area contributed by atoms with Crippen molar-refractivity contribution >= 4 is 6.08 Å². The number of likely N-dealkylation sites (N-methyl/N-ethyl adjacent to an activating group) is 1. The van der Waals surface area contributed by atoms with Gasteiger partial charge in [-0.3, -0.25) is 4.90 Å². The zero-order valence-corrected chi connectivity index (χ0v) is 14.6. The van der Waals surface area contributed by atoms with Gasteiger partial charge in [0.05, 0.1) is 0 Å². The molecule has 1 heteroatoms. The highest BCUT2D eigenvalue weighted by molar-refractivity contribution is 5.48. The molecule has 4 atom stereocenters. The molecule has 4 unspecified atom stereocenters. The second-order valence-corrected chi connectivity index (χ2v) is 8.08. The summed E-state index contributed by atoms with van der Waals surface area (Å²) >= 11 is 0. The lowest BCUT2D eigenvalue weighted by molar-refractivity contribution is 0.0862. The van der Waals surface area contributed by atoms with E-state index in [-0.39, 0.29) is 0 Å². The molecule has 3 rings (SSSR count). The fraction of sp³-hybridized carbons (Fsp3) is 0.619. The van der Waals surface area contributed by atoms with Gasteiger partial charge in [-0.2, -0.15) is 0 Å². The molecule has 1 aromatic carbocycles. The lowest BCUT2D eigenvalue weighted by Crippen LogP contribution is -2.44. The molecule has 22 heavy (non-hydrogen) atoms. The molecule has 0 radical (unpaired) electrons. The summed E-state index contributed by atoms with van der Waals surface area (Å²) < 4.78 is 0. The first-order valence-electron chi connectivity index (χ1n) is 8.94. The Morgan fingerprint density at radius 3 is 2.64 bits per heavy atom. The summed E-state index contributed by atoms with van der Waals surface area (Å²) in [5, 5.41) is 0. The molecule has 0 aliphatic heterocycles. The smallest absolute Gasteiger partial charge is 0.0166 e. The van der Waals surface area contributed by atoms with E-state index in [2.05, 4.69) is 75.2 Å². The van der Waals surface area contributed by atoms with Gasteiger partial charge in [-0.25, -0.2) is 0 Å². The highest BCUT2D eigenvalue weighted by Gasteiger charge is 2.57. The first-order valence-corrected chi connectivity index (χ1v) is 8.94. The highest BCUT2D eigenvalue weighted by Crippen LogP contribution is 2.61. The van der Waals surface area contributed by atoms with E-state index < -0.39 is 0 Å². The molecule has 2 saturated carbocycles. The zero-order chi connectivity index (χ0) is 15.7. The summed E-state index contributed by atoms with van der Waals surface area (Å²) in [6, 6.07) is 11.4. The number of benzene rings is 1. The molecular weight excluding hydrogens is 266 g/mol. The second-order valence-electron chi connectivity index (χ2n) is 8.08. The van der Waals surface area contributed by atoms with Crippen molar-refractivity contribution in [3.8, 4) is 0 Å². The fourth-order valence-corrected chi connectivity index (χ4v) is 5.63. The van der Waals surface area contributed by atoms with E-state index in [4.69, 9.17) is 0 Å². The second kappa shape index (κ2) is 6.20. The standard InChI is InChI=1S/C21H31N/c1-16(2)20-18-12-13-21(20,3)19(15-18)22(4)14-8-11-17-9-6-5-7-10-17/h5-11,16,18-20H,12-15H2,1-4H3/b11-8+. The van der Waals surface area contributed by atoms with Crippen LogP contribution in [-0.2, 0) is 0 Å². The van der Waals surface area contributed by atoms with Crippen molar-refractivity contribution in [2.24, 2.45) is 23.2 Å². The van der Waals surface area contributed by atoms with Gasteiger partial charge < -0.3 is 0 Å². The van der Waals surface area contributed by atoms with E-state index in [0.717, 1.165) is 30.3 Å². The molecule has 2 fully saturated rings. The van der Waals surface area contributed by atoms with E-state index in [9.17, 15) is 0 Å². The molecule has 2 aliphatic rings. The topological polar surface area (TPSA) is 3.24 Å². The van der Waals surface area contributed by atoms with Crippen LogP contribution >= 0.6 is 0 Å². The van der Waals surface area contributed by atoms with Gasteiger partial charge >= 0.3 is 0 Å². The third-order valence-corrected chi connectivity index (χ3v) is 6.36. The Kier molecular flexibility index (Phi) is 4.45. The van der Waals surface area contributed by atoms with Crippen molar-refractivity contribution in [3.05, 3.63) is 42.0 Å². The summed E-state index contributed by atoms with van der Waals surface area (Å²) in [5.74, 6) is 2.73. The number of hydrogen-bond donors (Lipinski definition) is 0. The Morgan fingerprint density at radius 2 is 2.00 bits per heavy atom. The summed E-state index contributed by atoms with van der Waals surface area (Å²) in [5.41, 5.74) is 1.84. The maximum atomic E-state index is 2.61. The van der Waals surface area contributed by atoms with Crippen LogP contribution in [0.3, 0.4) is 0 Å². The van der Waals surface area contributed by atoms with Gasteiger partial charge in [-0.1, -0.05) is 63.3 Å². The summed E-state index contributed by atoms with van der Waals surface area (Å²) in [6.45, 7) is 8.48. The van der Waals surface area contributed by atoms with Gasteiger partial charge in [0, 0.05) is 12.6 Å². The Balaban J connectivity index is 1.64. The van der Waals surface area contributed by atoms with Gasteiger partial charge in [0.15, 0.2) is 0 Å². The minimum absolute atomic E-state index is 0.536. The normalized spacial score (nSPS) is 34.4. The van der Waals surface area contributed by atoms with Crippen LogP contribution in [0.15, 0.2) is 36.4 Å². The first-order chi connectivity index (χ1) is 10.5. The van der Waals surface area contributed by atoms with Crippen molar-refractivity contribution in [1.82, 2.24) is 4.90 Å². The first kappa shape index (κ1) is 15.8. The zero-order valence-electron chi connectivity index (χ0n) is 14.6. The minimum Gasteiger partial charge on any atom is -0.299 e. The summed E-state index contributed by atoms with van der Waals surface area (Å²) in [6.07, 6.45) is 8.89. The van der Waals surface area contributed by atoms with Crippen molar-refractivity contribution < 1.29 is 0 Å². The van der Waals surface area contributed by atoms with E-state index >= 15 is 0 Å². The number of nitrogens with zero attached hydrogens (tertiary/aromatic N) is 1. The van der Waals surface area contributed by atoms with Crippen LogP contribution in [-0.4, -0.2) is 24.5 Å². The maximum absolute atomic E-state index is 2.61. The summed E-state index contributed by atoms with van der Waals surface area (Å²) in [7, 11) is 2.32. The summed E-state index contributed by atoms with van der Waals surface area (Å²) in [4.78, 5) is 2.61. The van der Waals surface area contributed by atoms with Crippen LogP contribution in [0.1, 0.15) is 45.6 Å². The van der Waals surface area contributed by atoms with E-state index in [1.807, 2.05) is 0 Å². The van der Waals surface area contributed by atoms with E-state index in [1.54, 1.807) is 0 Å². The van der Waals surface area contributed by atoms with Crippen molar-refractivity contribution in [3.63, 3.8) is 0 Å². The lowest BCUT2D eigenvalue weighted by Gasteiger charge is -2.41. The Labute approximate surface area is 136 Å². The number of rotatable bonds is 5. The largest absolute Gasteiger partial charge is 0.299 e. The third kappa shape index (κ3) is 2.76. The predicted molar refractivity (Wildman–Crippen MR) is 95.7 cm³/mol. The van der Waals surface area contributed by atoms with Crippen LogP contribution in [0.25, 0.3) is 6.08 Å². The monoisotopic (exact) mass is 297 g/mol. The van der Waals surface area contributed by atoms with Gasteiger partial charge in [-0.15, -0.1) is 0 Å². The molecule has 2 bridgehead atoms. The van der Waals surface area contributed by atoms with Gasteiger partial charge in [0.2, 0.25) is 0 Å². The van der Waals surface area contributed by atoms with Crippen LogP contribution in [0.5, 0.6) is 0 Å². The minimum atomic E-state index is 0.536. The fourth-order valence-electron chi connectivity index (χ4n) is 5.63. The van der Waals surface area contributed by atoms with E-state index in [1.165, 1.54) is 24.8 Å². The SMILES string of the molecule is CC(C)C1C2CCC1(C)C(N(C)C/C=C/c1ccccc1)C2. The Bertz CT molecular complexity index is 518. The maximum Gasteiger partial charge on any atom is 0.0166 e. The van der Waals surface area contributed by atoms with Gasteiger partial charge in [0.25, 0.3) is 0 Å². The predicted octanol–water partition coefficient (Wildman–Crippen LogP) is 5.09. The van der Waals surface area contributed by atoms with Crippen molar-refractivity contribution in [2.45, 2.75) is 46.1 Å². The molecule has 0 saturated heterocycles. The average Bonchev–Trinajstić information content (AvgIpc) is 2.98. The van der Waals surface area contributed by atoms with E-state index in [0.29, 0.717) is 5.41 Å². The highest BCUT2D eigenvalue weighted by atomic mass is 15.1. The molecule has 0 spiro atoms. The number of hydrogen-bond acceptors (Lipinski definition) is 1. The van der Waals surface area contributed by atoms with Crippen molar-refractivity contribution in [1.29, 1.82) is 0 Å².